The zero-order valence-electron chi connectivity index (χ0n) is 22.6. The van der Waals surface area contributed by atoms with Crippen LogP contribution in [-0.4, -0.2) is 9.55 Å². The van der Waals surface area contributed by atoms with Gasteiger partial charge in [-0.2, -0.15) is 0 Å². The lowest BCUT2D eigenvalue weighted by molar-refractivity contribution is 0.616. The number of furan rings is 1. The number of para-hydroxylation sites is 2. The van der Waals surface area contributed by atoms with Gasteiger partial charge in [-0.25, -0.2) is 4.98 Å². The van der Waals surface area contributed by atoms with Gasteiger partial charge in [0.05, 0.1) is 22.3 Å². The van der Waals surface area contributed by atoms with Crippen LogP contribution in [0.1, 0.15) is 18.1 Å². The Morgan fingerprint density at radius 2 is 1.35 bits per heavy atom. The van der Waals surface area contributed by atoms with Crippen molar-refractivity contribution in [3.8, 4) is 39.3 Å². The predicted octanol–water partition coefficient (Wildman–Crippen LogP) is 10.1. The molecule has 0 fully saturated rings. The van der Waals surface area contributed by atoms with E-state index in [1.807, 2.05) is 25.3 Å². The Balaban J connectivity index is 1.63. The summed E-state index contributed by atoms with van der Waals surface area (Å²) in [5, 5.41) is 1.02. The first-order chi connectivity index (χ1) is 19.6. The monoisotopic (exact) mass is 516 g/mol. The van der Waals surface area contributed by atoms with Gasteiger partial charge < -0.3 is 4.42 Å². The van der Waals surface area contributed by atoms with E-state index in [0.717, 1.165) is 72.5 Å². The van der Waals surface area contributed by atoms with Crippen molar-refractivity contribution in [2.24, 2.45) is 0 Å². The lowest BCUT2D eigenvalue weighted by Gasteiger charge is -2.20. The van der Waals surface area contributed by atoms with Gasteiger partial charge in [-0.3, -0.25) is 4.57 Å². The summed E-state index contributed by atoms with van der Waals surface area (Å²) in [5.74, 6) is 0.844. The van der Waals surface area contributed by atoms with Crippen LogP contribution in [0.15, 0.2) is 133 Å². The van der Waals surface area contributed by atoms with E-state index in [4.69, 9.17) is 9.40 Å². The first-order valence-electron chi connectivity index (χ1n) is 13.5. The number of nitrogens with zero attached hydrogens (tertiary/aromatic N) is 2. The number of benzene rings is 5. The van der Waals surface area contributed by atoms with Crippen molar-refractivity contribution in [1.29, 1.82) is 0 Å². The van der Waals surface area contributed by atoms with Gasteiger partial charge >= 0.3 is 0 Å². The molecular formula is C37H28N2O. The van der Waals surface area contributed by atoms with Crippen LogP contribution in [0, 0.1) is 6.92 Å². The van der Waals surface area contributed by atoms with Crippen molar-refractivity contribution in [2.45, 2.75) is 13.8 Å². The van der Waals surface area contributed by atoms with E-state index in [0.29, 0.717) is 0 Å². The number of aryl methyl sites for hydroxylation is 1. The summed E-state index contributed by atoms with van der Waals surface area (Å²) in [6.45, 7) is 8.36. The van der Waals surface area contributed by atoms with Crippen LogP contribution in [0.3, 0.4) is 0 Å². The smallest absolute Gasteiger partial charge is 0.149 e. The molecule has 0 N–H and O–H groups in total. The third-order valence-corrected chi connectivity index (χ3v) is 7.52. The third kappa shape index (κ3) is 3.95. The molecule has 5 aromatic carbocycles. The normalized spacial score (nSPS) is 11.3. The highest BCUT2D eigenvalue weighted by molar-refractivity contribution is 5.99. The molecule has 0 spiro atoms. The fourth-order valence-electron chi connectivity index (χ4n) is 5.60. The average molecular weight is 517 g/mol. The Morgan fingerprint density at radius 3 is 2.00 bits per heavy atom. The maximum absolute atomic E-state index is 6.09. The number of fused-ring (bicyclic) bond motifs is 2. The summed E-state index contributed by atoms with van der Waals surface area (Å²) < 4.78 is 8.41. The molecule has 7 aromatic rings. The van der Waals surface area contributed by atoms with E-state index in [1.54, 1.807) is 0 Å². The first-order valence-corrected chi connectivity index (χ1v) is 13.5. The molecular weight excluding hydrogens is 488 g/mol. The summed E-state index contributed by atoms with van der Waals surface area (Å²) in [7, 11) is 0. The van der Waals surface area contributed by atoms with Crippen molar-refractivity contribution in [3.05, 3.63) is 139 Å². The fraction of sp³-hybridized carbons (Fsp3) is 0.0541. The van der Waals surface area contributed by atoms with Crippen molar-refractivity contribution in [2.75, 3.05) is 0 Å². The van der Waals surface area contributed by atoms with Crippen molar-refractivity contribution in [1.82, 2.24) is 9.55 Å². The van der Waals surface area contributed by atoms with E-state index in [2.05, 4.69) is 121 Å². The van der Waals surface area contributed by atoms with E-state index in [-0.39, 0.29) is 0 Å². The second kappa shape index (κ2) is 9.55. The maximum atomic E-state index is 6.09. The Labute approximate surface area is 233 Å². The summed E-state index contributed by atoms with van der Waals surface area (Å²) in [6, 6.07) is 40.4. The summed E-state index contributed by atoms with van der Waals surface area (Å²) in [5.41, 5.74) is 12.8. The second-order valence-corrected chi connectivity index (χ2v) is 10.3. The zero-order chi connectivity index (χ0) is 27.2. The molecule has 0 aliphatic heterocycles. The molecule has 0 amide bonds. The van der Waals surface area contributed by atoms with Crippen LogP contribution in [-0.2, 0) is 0 Å². The molecule has 40 heavy (non-hydrogen) atoms. The minimum atomic E-state index is 0.828. The third-order valence-electron chi connectivity index (χ3n) is 7.52. The molecule has 7 rings (SSSR count). The molecule has 0 bridgehead atoms. The van der Waals surface area contributed by atoms with E-state index < -0.39 is 0 Å². The topological polar surface area (TPSA) is 31.0 Å². The number of hydrogen-bond acceptors (Lipinski definition) is 2. The molecule has 0 saturated carbocycles. The van der Waals surface area contributed by atoms with Gasteiger partial charge in [0.1, 0.15) is 17.7 Å². The molecule has 0 atom stereocenters. The van der Waals surface area contributed by atoms with Gasteiger partial charge in [-0.1, -0.05) is 91.0 Å². The lowest BCUT2D eigenvalue weighted by Crippen LogP contribution is -2.03. The summed E-state index contributed by atoms with van der Waals surface area (Å²) >= 11 is 0. The van der Waals surface area contributed by atoms with Crippen LogP contribution in [0.4, 0.5) is 0 Å². The molecule has 0 radical (unpaired) electrons. The number of imidazole rings is 1. The molecule has 3 nitrogen and oxygen atoms in total. The quantitative estimate of drug-likeness (QED) is 0.228. The Kier molecular flexibility index (Phi) is 5.71. The minimum absolute atomic E-state index is 0.828. The zero-order valence-corrected chi connectivity index (χ0v) is 22.6. The number of hydrogen-bond donors (Lipinski definition) is 0. The number of allylic oxidation sites excluding steroid dienone is 1. The van der Waals surface area contributed by atoms with Crippen molar-refractivity contribution >= 4 is 27.6 Å². The van der Waals surface area contributed by atoms with Gasteiger partial charge in [0.25, 0.3) is 0 Å². The molecule has 0 aliphatic carbocycles. The van der Waals surface area contributed by atoms with Crippen molar-refractivity contribution < 1.29 is 4.42 Å². The minimum Gasteiger partial charge on any atom is -0.464 e. The maximum Gasteiger partial charge on any atom is 0.149 e. The molecule has 2 heterocycles. The highest BCUT2D eigenvalue weighted by atomic mass is 16.3. The van der Waals surface area contributed by atoms with Crippen LogP contribution in [0.2, 0.25) is 0 Å². The first kappa shape index (κ1) is 23.9. The van der Waals surface area contributed by atoms with E-state index >= 15 is 0 Å². The molecule has 0 saturated heterocycles. The Morgan fingerprint density at radius 1 is 0.725 bits per heavy atom. The van der Waals surface area contributed by atoms with Crippen LogP contribution >= 0.6 is 0 Å². The highest BCUT2D eigenvalue weighted by Gasteiger charge is 2.24. The van der Waals surface area contributed by atoms with Gasteiger partial charge in [-0.15, -0.1) is 0 Å². The predicted molar refractivity (Wildman–Crippen MR) is 167 cm³/mol. The molecule has 0 aliphatic rings. The van der Waals surface area contributed by atoms with Gasteiger partial charge in [0.2, 0.25) is 0 Å². The lowest BCUT2D eigenvalue weighted by atomic mass is 9.93. The van der Waals surface area contributed by atoms with Gasteiger partial charge in [0, 0.05) is 16.5 Å². The van der Waals surface area contributed by atoms with E-state index in [1.165, 1.54) is 5.56 Å². The summed E-state index contributed by atoms with van der Waals surface area (Å²) in [4.78, 5) is 5.23. The number of rotatable bonds is 5. The standard InChI is InChI=1S/C37H28N2O/c1-24(2)28-18-19-35-31(22-28)32(23-40-35)37-38-33-16-10-11-17-34(33)39(37)36-29(26-12-6-4-7-13-26)20-25(3)21-30(36)27-14-8-5-9-15-27/h4-23H,1H2,2-3H3. The van der Waals surface area contributed by atoms with Crippen LogP contribution < -0.4 is 0 Å². The highest BCUT2D eigenvalue weighted by Crippen LogP contribution is 2.42. The molecule has 192 valence electrons. The average Bonchev–Trinajstić information content (AvgIpc) is 3.58. The second-order valence-electron chi connectivity index (χ2n) is 10.3. The fourth-order valence-corrected chi connectivity index (χ4v) is 5.60. The largest absolute Gasteiger partial charge is 0.464 e. The van der Waals surface area contributed by atoms with Crippen LogP contribution in [0.5, 0.6) is 0 Å². The van der Waals surface area contributed by atoms with Gasteiger partial charge in [0.15, 0.2) is 0 Å². The SMILES string of the molecule is C=C(C)c1ccc2occ(-c3nc4ccccc4n3-c3c(-c4ccccc4)cc(C)cc3-c3ccccc3)c2c1. The van der Waals surface area contributed by atoms with Crippen molar-refractivity contribution in [3.63, 3.8) is 0 Å². The Hall–Kier alpha value is -5.15. The molecule has 2 aromatic heterocycles. The summed E-state index contributed by atoms with van der Waals surface area (Å²) in [6.07, 6.45) is 1.84. The molecule has 0 unspecified atom stereocenters. The van der Waals surface area contributed by atoms with E-state index in [9.17, 15) is 0 Å². The van der Waals surface area contributed by atoms with Gasteiger partial charge in [-0.05, 0) is 72.5 Å². The molecule has 3 heteroatoms. The van der Waals surface area contributed by atoms with Crippen LogP contribution in [0.25, 0.3) is 66.9 Å². The Bertz CT molecular complexity index is 1970. The number of aromatic nitrogens is 2.